The fraction of sp³-hybridized carbons (Fsp3) is 1.00. The minimum atomic E-state index is -4.43. The third-order valence-corrected chi connectivity index (χ3v) is 3.15. The van der Waals surface area contributed by atoms with Gasteiger partial charge in [0.25, 0.3) is 0 Å². The van der Waals surface area contributed by atoms with Crippen molar-refractivity contribution in [1.29, 1.82) is 0 Å². The zero-order valence-electron chi connectivity index (χ0n) is 9.06. The van der Waals surface area contributed by atoms with Gasteiger partial charge in [-0.2, -0.15) is 13.2 Å². The van der Waals surface area contributed by atoms with Crippen molar-refractivity contribution in [2.45, 2.75) is 57.7 Å². The summed E-state index contributed by atoms with van der Waals surface area (Å²) in [4.78, 5) is 0. The molecular weight excluding hydrogens is 205 g/mol. The molecule has 15 heavy (non-hydrogen) atoms. The van der Waals surface area contributed by atoms with Gasteiger partial charge in [-0.15, -0.1) is 0 Å². The summed E-state index contributed by atoms with van der Waals surface area (Å²) in [5.41, 5.74) is 0. The van der Waals surface area contributed by atoms with Crippen molar-refractivity contribution in [2.75, 3.05) is 0 Å². The lowest BCUT2D eigenvalue weighted by atomic mass is 10.1. The van der Waals surface area contributed by atoms with Gasteiger partial charge in [0.15, 0.2) is 6.10 Å². The van der Waals surface area contributed by atoms with Crippen LogP contribution in [0.15, 0.2) is 0 Å². The third kappa shape index (κ3) is 4.01. The first-order valence-electron chi connectivity index (χ1n) is 5.71. The molecule has 0 heterocycles. The summed E-state index contributed by atoms with van der Waals surface area (Å²) in [6.07, 6.45) is -0.735. The van der Waals surface area contributed by atoms with Crippen LogP contribution in [0.4, 0.5) is 13.2 Å². The number of halogens is 3. The van der Waals surface area contributed by atoms with Crippen molar-refractivity contribution in [2.24, 2.45) is 11.8 Å². The van der Waals surface area contributed by atoms with E-state index in [1.165, 1.54) is 0 Å². The molecule has 0 unspecified atom stereocenters. The Morgan fingerprint density at radius 1 is 1.27 bits per heavy atom. The maximum Gasteiger partial charge on any atom is 0.414 e. The van der Waals surface area contributed by atoms with Crippen LogP contribution >= 0.6 is 0 Å². The van der Waals surface area contributed by atoms with E-state index >= 15 is 0 Å². The predicted octanol–water partition coefficient (Wildman–Crippen LogP) is 3.52. The Morgan fingerprint density at radius 2 is 1.93 bits per heavy atom. The van der Waals surface area contributed by atoms with Gasteiger partial charge >= 0.3 is 6.18 Å². The molecule has 1 N–H and O–H groups in total. The molecule has 0 bridgehead atoms. The highest BCUT2D eigenvalue weighted by atomic mass is 19.4. The van der Waals surface area contributed by atoms with Crippen LogP contribution in [0.3, 0.4) is 0 Å². The summed E-state index contributed by atoms with van der Waals surface area (Å²) in [6.45, 7) is 2.10. The summed E-state index contributed by atoms with van der Waals surface area (Å²) < 4.78 is 36.3. The van der Waals surface area contributed by atoms with Gasteiger partial charge in [0.1, 0.15) is 0 Å². The topological polar surface area (TPSA) is 20.2 Å². The smallest absolute Gasteiger partial charge is 0.383 e. The van der Waals surface area contributed by atoms with Crippen LogP contribution in [0.5, 0.6) is 0 Å². The number of rotatable bonds is 6. The summed E-state index contributed by atoms with van der Waals surface area (Å²) in [6, 6.07) is 0. The molecule has 1 saturated carbocycles. The van der Waals surface area contributed by atoms with E-state index in [2.05, 4.69) is 6.92 Å². The minimum absolute atomic E-state index is 0.110. The highest BCUT2D eigenvalue weighted by Crippen LogP contribution is 2.48. The Labute approximate surface area is 88.7 Å². The van der Waals surface area contributed by atoms with E-state index in [0.29, 0.717) is 6.42 Å². The van der Waals surface area contributed by atoms with E-state index in [4.69, 9.17) is 5.11 Å². The molecule has 1 aliphatic rings. The molecule has 1 fully saturated rings. The van der Waals surface area contributed by atoms with Crippen molar-refractivity contribution >= 4 is 0 Å². The van der Waals surface area contributed by atoms with E-state index in [9.17, 15) is 13.2 Å². The lowest BCUT2D eigenvalue weighted by Gasteiger charge is -2.13. The van der Waals surface area contributed by atoms with Gasteiger partial charge in [0.2, 0.25) is 0 Å². The van der Waals surface area contributed by atoms with Crippen molar-refractivity contribution in [3.05, 3.63) is 0 Å². The zero-order valence-corrected chi connectivity index (χ0v) is 9.06. The Balaban J connectivity index is 2.12. The Bertz CT molecular complexity index is 191. The molecule has 90 valence electrons. The van der Waals surface area contributed by atoms with E-state index in [0.717, 1.165) is 32.1 Å². The molecule has 0 aromatic heterocycles. The molecule has 1 nitrogen and oxygen atoms in total. The standard InChI is InChI=1S/C11H19F3O/c1-2-3-4-5-6-8-7-9(8)10(15)11(12,13)14/h8-10,15H,2-7H2,1H3/t8-,9+,10+/m0/s1. The lowest BCUT2D eigenvalue weighted by Crippen LogP contribution is -2.31. The van der Waals surface area contributed by atoms with E-state index in [-0.39, 0.29) is 5.92 Å². The monoisotopic (exact) mass is 224 g/mol. The largest absolute Gasteiger partial charge is 0.414 e. The first kappa shape index (κ1) is 12.8. The van der Waals surface area contributed by atoms with Crippen LogP contribution in [0, 0.1) is 11.8 Å². The number of unbranched alkanes of at least 4 members (excludes halogenated alkanes) is 3. The number of aliphatic hydroxyl groups excluding tert-OH is 1. The molecule has 1 rings (SSSR count). The summed E-state index contributed by atoms with van der Waals surface area (Å²) in [5, 5.41) is 8.97. The predicted molar refractivity (Wildman–Crippen MR) is 52.4 cm³/mol. The molecule has 3 atom stereocenters. The van der Waals surface area contributed by atoms with Crippen molar-refractivity contribution < 1.29 is 18.3 Å². The SMILES string of the molecule is CCCCCC[C@H]1C[C@H]1[C@@H](O)C(F)(F)F. The number of hydrogen-bond donors (Lipinski definition) is 1. The van der Waals surface area contributed by atoms with Gasteiger partial charge in [-0.3, -0.25) is 0 Å². The van der Waals surface area contributed by atoms with Crippen LogP contribution in [-0.4, -0.2) is 17.4 Å². The highest BCUT2D eigenvalue weighted by Gasteiger charge is 2.53. The van der Waals surface area contributed by atoms with Gasteiger partial charge in [0.05, 0.1) is 0 Å². The molecule has 0 spiro atoms. The van der Waals surface area contributed by atoms with Gasteiger partial charge in [-0.05, 0) is 18.3 Å². The fourth-order valence-electron chi connectivity index (χ4n) is 2.07. The summed E-state index contributed by atoms with van der Waals surface area (Å²) >= 11 is 0. The van der Waals surface area contributed by atoms with Crippen molar-refractivity contribution in [1.82, 2.24) is 0 Å². The molecule has 0 radical (unpaired) electrons. The first-order valence-corrected chi connectivity index (χ1v) is 5.71. The second-order valence-corrected chi connectivity index (χ2v) is 4.50. The third-order valence-electron chi connectivity index (χ3n) is 3.15. The molecule has 0 aromatic carbocycles. The van der Waals surface area contributed by atoms with Gasteiger partial charge in [-0.25, -0.2) is 0 Å². The van der Waals surface area contributed by atoms with Crippen LogP contribution in [0.2, 0.25) is 0 Å². The van der Waals surface area contributed by atoms with Crippen LogP contribution in [-0.2, 0) is 0 Å². The summed E-state index contributed by atoms with van der Waals surface area (Å²) in [7, 11) is 0. The molecule has 4 heteroatoms. The van der Waals surface area contributed by atoms with E-state index in [1.54, 1.807) is 0 Å². The lowest BCUT2D eigenvalue weighted by molar-refractivity contribution is -0.211. The highest BCUT2D eigenvalue weighted by molar-refractivity contribution is 4.93. The summed E-state index contributed by atoms with van der Waals surface area (Å²) in [5.74, 6) is -0.412. The fourth-order valence-corrected chi connectivity index (χ4v) is 2.07. The van der Waals surface area contributed by atoms with Crippen molar-refractivity contribution in [3.63, 3.8) is 0 Å². The average molecular weight is 224 g/mol. The zero-order chi connectivity index (χ0) is 11.5. The number of hydrogen-bond acceptors (Lipinski definition) is 1. The van der Waals surface area contributed by atoms with Crippen molar-refractivity contribution in [3.8, 4) is 0 Å². The van der Waals surface area contributed by atoms with Gasteiger partial charge < -0.3 is 5.11 Å². The minimum Gasteiger partial charge on any atom is -0.383 e. The van der Waals surface area contributed by atoms with E-state index in [1.807, 2.05) is 0 Å². The first-order chi connectivity index (χ1) is 6.96. The number of aliphatic hydroxyl groups is 1. The molecule has 0 aliphatic heterocycles. The van der Waals surface area contributed by atoms with Crippen LogP contribution in [0.1, 0.15) is 45.4 Å². The normalized spacial score (nSPS) is 27.8. The maximum absolute atomic E-state index is 12.1. The molecule has 0 saturated heterocycles. The average Bonchev–Trinajstić information content (AvgIpc) is 2.89. The quantitative estimate of drug-likeness (QED) is 0.684. The Morgan fingerprint density at radius 3 is 2.47 bits per heavy atom. The van der Waals surface area contributed by atoms with Gasteiger partial charge in [-0.1, -0.05) is 39.0 Å². The van der Waals surface area contributed by atoms with Crippen LogP contribution < -0.4 is 0 Å². The Hall–Kier alpha value is -0.250. The molecule has 1 aliphatic carbocycles. The Kier molecular flexibility index (Phi) is 4.44. The maximum atomic E-state index is 12.1. The molecule has 0 aromatic rings. The van der Waals surface area contributed by atoms with E-state index < -0.39 is 18.2 Å². The second kappa shape index (κ2) is 5.19. The van der Waals surface area contributed by atoms with Gasteiger partial charge in [0, 0.05) is 0 Å². The number of alkyl halides is 3. The molecular formula is C11H19F3O. The molecule has 0 amide bonds. The second-order valence-electron chi connectivity index (χ2n) is 4.50. The van der Waals surface area contributed by atoms with Crippen LogP contribution in [0.25, 0.3) is 0 Å².